The molecule has 0 aliphatic rings. The Bertz CT molecular complexity index is 1010. The van der Waals surface area contributed by atoms with Gasteiger partial charge in [0, 0.05) is 10.0 Å². The van der Waals surface area contributed by atoms with Gasteiger partial charge < -0.3 is 0 Å². The lowest BCUT2D eigenvalue weighted by Gasteiger charge is -2.31. The van der Waals surface area contributed by atoms with Crippen LogP contribution in [0.4, 0.5) is 39.5 Å². The quantitative estimate of drug-likeness (QED) is 0.342. The summed E-state index contributed by atoms with van der Waals surface area (Å²) in [6.45, 7) is 0. The van der Waals surface area contributed by atoms with E-state index in [1.54, 1.807) is 0 Å². The number of hydrogen-bond acceptors (Lipinski definition) is 3. The highest BCUT2D eigenvalue weighted by atomic mass is 127. The number of rotatable bonds is 7. The molecule has 0 saturated heterocycles. The van der Waals surface area contributed by atoms with Crippen LogP contribution in [0.5, 0.6) is 0 Å². The van der Waals surface area contributed by atoms with E-state index in [1.807, 2.05) is 0 Å². The van der Waals surface area contributed by atoms with E-state index >= 15 is 0 Å². The smallest absolute Gasteiger partial charge is 0.191 e. The van der Waals surface area contributed by atoms with Crippen LogP contribution >= 0.6 is 23.2 Å². The maximum atomic E-state index is 14.1. The topological polar surface area (TPSA) is 43.4 Å². The molecule has 2 aromatic carbocycles. The fourth-order valence-electron chi connectivity index (χ4n) is 1.93. The van der Waals surface area contributed by atoms with Crippen LogP contribution < -0.4 is 20.2 Å². The van der Waals surface area contributed by atoms with Crippen LogP contribution in [-0.4, -0.2) is 31.7 Å². The third-order valence-corrected chi connectivity index (χ3v) is 11.5. The third-order valence-electron chi connectivity index (χ3n) is 3.58. The average molecular weight is 649 g/mol. The fourth-order valence-corrected chi connectivity index (χ4v) is 9.10. The molecule has 16 heteroatoms. The molecule has 0 N–H and O–H groups in total. The maximum Gasteiger partial charge on any atom is 0.460 e. The van der Waals surface area contributed by atoms with E-state index in [9.17, 15) is 47.9 Å². The molecule has 0 aliphatic heterocycles. The van der Waals surface area contributed by atoms with Gasteiger partial charge in [-0.25, -0.2) is 0 Å². The fraction of sp³-hybridized carbons (Fsp3) is 0.250. The van der Waals surface area contributed by atoms with E-state index in [0.717, 1.165) is 48.5 Å². The van der Waals surface area contributed by atoms with Gasteiger partial charge in [-0.2, -0.15) is 47.9 Å². The number of benzene rings is 2. The summed E-state index contributed by atoms with van der Waals surface area (Å²) in [5.41, 5.74) is 0. The van der Waals surface area contributed by atoms with Crippen molar-refractivity contribution in [3.05, 3.63) is 65.7 Å². The average Bonchev–Trinajstić information content (AvgIpc) is 2.66. The lowest BCUT2D eigenvalue weighted by molar-refractivity contribution is -1.03. The molecule has 179 valence electrons. The summed E-state index contributed by atoms with van der Waals surface area (Å²) in [7, 11) is -7.04. The standard InChI is InChI=1S/C16H8Cl2F9IO3S/c17-9-1-5-11(6-2-9)28(12-7-3-10(18)4-8-12)31-32(29,30)16(26,27)14(21,22)13(19,20)15(23,24)25/h1-8H/q+1. The maximum absolute atomic E-state index is 14.1. The lowest BCUT2D eigenvalue weighted by atomic mass is 10.1. The molecule has 0 heterocycles. The molecule has 0 amide bonds. The van der Waals surface area contributed by atoms with E-state index in [-0.39, 0.29) is 17.2 Å². The Morgan fingerprint density at radius 1 is 0.656 bits per heavy atom. The van der Waals surface area contributed by atoms with Crippen LogP contribution in [0, 0.1) is 7.14 Å². The van der Waals surface area contributed by atoms with E-state index in [4.69, 9.17) is 23.2 Å². The minimum absolute atomic E-state index is 0.102. The van der Waals surface area contributed by atoms with Crippen molar-refractivity contribution >= 4 is 33.3 Å². The second-order valence-electron chi connectivity index (χ2n) is 5.80. The molecule has 1 radical (unpaired) electrons. The summed E-state index contributed by atoms with van der Waals surface area (Å²) in [6.07, 6.45) is -7.18. The van der Waals surface area contributed by atoms with Crippen LogP contribution in [0.1, 0.15) is 0 Å². The van der Waals surface area contributed by atoms with Crippen LogP contribution in [0.2, 0.25) is 10.0 Å². The van der Waals surface area contributed by atoms with Crippen molar-refractivity contribution in [2.24, 2.45) is 0 Å². The number of hydrogen-bond donors (Lipinski definition) is 0. The summed E-state index contributed by atoms with van der Waals surface area (Å²) in [5, 5.41) is -6.75. The van der Waals surface area contributed by atoms with Gasteiger partial charge in [-0.15, -0.1) is 0 Å². The van der Waals surface area contributed by atoms with E-state index in [2.05, 4.69) is 2.51 Å². The van der Waals surface area contributed by atoms with Gasteiger partial charge in [0.15, 0.2) is 7.14 Å². The first-order chi connectivity index (χ1) is 14.3. The predicted octanol–water partition coefficient (Wildman–Crippen LogP) is 3.34. The minimum atomic E-state index is -7.39. The van der Waals surface area contributed by atoms with Crippen molar-refractivity contribution in [3.63, 3.8) is 0 Å². The molecule has 0 aromatic heterocycles. The first-order valence-corrected chi connectivity index (χ1v) is 12.9. The summed E-state index contributed by atoms with van der Waals surface area (Å²) in [4.78, 5) is 0. The Morgan fingerprint density at radius 2 is 1.00 bits per heavy atom. The molecule has 0 fully saturated rings. The first kappa shape index (κ1) is 27.3. The van der Waals surface area contributed by atoms with Crippen molar-refractivity contribution in [1.82, 2.24) is 0 Å². The largest absolute Gasteiger partial charge is 0.460 e. The van der Waals surface area contributed by atoms with Gasteiger partial charge in [0.25, 0.3) is 0 Å². The SMILES string of the molecule is O=S(=O)(O[I+](c1ccc(Cl)cc1)c1ccc(Cl)cc1)C(F)(F)C(F)(F)C(F)(F)C(F)(F)F. The van der Waals surface area contributed by atoms with Gasteiger partial charge in [-0.05, 0) is 51.0 Å². The molecule has 0 atom stereocenters. The molecular formula is C16H8Cl2F9IO3S+. The molecule has 32 heavy (non-hydrogen) atoms. The van der Waals surface area contributed by atoms with Crippen molar-refractivity contribution in [2.75, 3.05) is 0 Å². The van der Waals surface area contributed by atoms with Gasteiger partial charge in [-0.1, -0.05) is 23.2 Å². The molecule has 3 nitrogen and oxygen atoms in total. The van der Waals surface area contributed by atoms with Gasteiger partial charge in [0.05, 0.1) is 0 Å². The second kappa shape index (κ2) is 9.00. The lowest BCUT2D eigenvalue weighted by Crippen LogP contribution is -3.85. The van der Waals surface area contributed by atoms with Gasteiger partial charge in [-0.3, -0.25) is 0 Å². The minimum Gasteiger partial charge on any atom is -0.191 e. The Morgan fingerprint density at radius 3 is 1.31 bits per heavy atom. The van der Waals surface area contributed by atoms with Crippen LogP contribution in [0.15, 0.2) is 48.5 Å². The van der Waals surface area contributed by atoms with E-state index in [1.165, 1.54) is 0 Å². The Hall–Kier alpha value is -0.970. The van der Waals surface area contributed by atoms with Crippen LogP contribution in [-0.2, 0) is 12.6 Å². The Kier molecular flexibility index (Phi) is 7.67. The van der Waals surface area contributed by atoms with Gasteiger partial charge in [0.1, 0.15) is 0 Å². The highest BCUT2D eigenvalue weighted by Crippen LogP contribution is 2.54. The molecular weight excluding hydrogens is 641 g/mol. The highest BCUT2D eigenvalue weighted by molar-refractivity contribution is 7.87. The van der Waals surface area contributed by atoms with E-state index in [0.29, 0.717) is 0 Å². The summed E-state index contributed by atoms with van der Waals surface area (Å²) >= 11 is 7.19. The van der Waals surface area contributed by atoms with Gasteiger partial charge >= 0.3 is 53.6 Å². The first-order valence-electron chi connectivity index (χ1n) is 7.71. The van der Waals surface area contributed by atoms with Crippen molar-refractivity contribution < 1.29 is 70.7 Å². The Labute approximate surface area is 192 Å². The predicted molar refractivity (Wildman–Crippen MR) is 91.2 cm³/mol. The zero-order valence-corrected chi connectivity index (χ0v) is 19.3. The van der Waals surface area contributed by atoms with E-state index < -0.39 is 53.6 Å². The highest BCUT2D eigenvalue weighted by Gasteiger charge is 2.86. The normalized spacial score (nSPS) is 14.1. The number of alkyl halides is 9. The molecule has 2 rings (SSSR count). The monoisotopic (exact) mass is 648 g/mol. The number of halogens is 12. The zero-order valence-electron chi connectivity index (χ0n) is 14.8. The molecule has 0 bridgehead atoms. The summed E-state index contributed by atoms with van der Waals surface area (Å²) < 4.78 is 147. The molecule has 0 aliphatic carbocycles. The summed E-state index contributed by atoms with van der Waals surface area (Å²) in [6, 6.07) is 9.04. The Balaban J connectivity index is 2.58. The van der Waals surface area contributed by atoms with Gasteiger partial charge in [0.2, 0.25) is 0 Å². The van der Waals surface area contributed by atoms with Crippen molar-refractivity contribution in [2.45, 2.75) is 23.3 Å². The molecule has 2 aromatic rings. The van der Waals surface area contributed by atoms with Crippen LogP contribution in [0.25, 0.3) is 0 Å². The zero-order chi connectivity index (χ0) is 24.8. The molecule has 0 saturated carbocycles. The molecule has 0 spiro atoms. The third kappa shape index (κ3) is 4.93. The van der Waals surface area contributed by atoms with Crippen LogP contribution in [0.3, 0.4) is 0 Å². The summed E-state index contributed by atoms with van der Waals surface area (Å²) in [5.74, 6) is -14.8. The van der Waals surface area contributed by atoms with Crippen molar-refractivity contribution in [1.29, 1.82) is 0 Å². The molecule has 0 unspecified atom stereocenters. The second-order valence-corrected chi connectivity index (χ2v) is 13.2. The van der Waals surface area contributed by atoms with Crippen molar-refractivity contribution in [3.8, 4) is 0 Å².